The Morgan fingerprint density at radius 3 is 2.12 bits per heavy atom. The van der Waals surface area contributed by atoms with Crippen molar-refractivity contribution in [1.82, 2.24) is 0 Å². The van der Waals surface area contributed by atoms with Gasteiger partial charge in [-0.15, -0.1) is 0 Å². The smallest absolute Gasteiger partial charge is 0.344 e. The minimum Gasteiger partial charge on any atom is -0.456 e. The van der Waals surface area contributed by atoms with Crippen molar-refractivity contribution in [2.45, 2.75) is 85.2 Å². The second kappa shape index (κ2) is 7.45. The van der Waals surface area contributed by atoms with Gasteiger partial charge in [0.2, 0.25) is 0 Å². The van der Waals surface area contributed by atoms with Crippen LogP contribution in [0.3, 0.4) is 0 Å². The van der Waals surface area contributed by atoms with Crippen LogP contribution < -0.4 is 0 Å². The Morgan fingerprint density at radius 2 is 1.67 bits per heavy atom. The Labute approximate surface area is 146 Å². The Morgan fingerprint density at radius 1 is 1.00 bits per heavy atom. The van der Waals surface area contributed by atoms with E-state index in [1.165, 1.54) is 25.7 Å². The van der Waals surface area contributed by atoms with Crippen LogP contribution in [-0.2, 0) is 19.1 Å². The van der Waals surface area contributed by atoms with Gasteiger partial charge in [-0.1, -0.05) is 27.2 Å². The SMILES string of the molecule is CCC(C)(C)C(=O)OCC(=O)OC(CC)(CC)C1CC2CCC1C2. The molecule has 0 saturated heterocycles. The number of fused-ring (bicyclic) bond motifs is 2. The maximum absolute atomic E-state index is 12.4. The molecule has 0 spiro atoms. The molecule has 3 atom stereocenters. The van der Waals surface area contributed by atoms with Gasteiger partial charge < -0.3 is 9.47 Å². The predicted octanol–water partition coefficient (Wildman–Crippen LogP) is 4.50. The maximum Gasteiger partial charge on any atom is 0.344 e. The van der Waals surface area contributed by atoms with Crippen LogP contribution in [0.5, 0.6) is 0 Å². The first-order valence-corrected chi connectivity index (χ1v) is 9.67. The summed E-state index contributed by atoms with van der Waals surface area (Å²) in [6, 6.07) is 0. The summed E-state index contributed by atoms with van der Waals surface area (Å²) < 4.78 is 11.2. The van der Waals surface area contributed by atoms with Crippen LogP contribution in [0.25, 0.3) is 0 Å². The van der Waals surface area contributed by atoms with Gasteiger partial charge in [0.1, 0.15) is 5.60 Å². The lowest BCUT2D eigenvalue weighted by Crippen LogP contribution is -2.45. The highest BCUT2D eigenvalue weighted by Crippen LogP contribution is 2.54. The van der Waals surface area contributed by atoms with Crippen LogP contribution in [0.4, 0.5) is 0 Å². The fourth-order valence-electron chi connectivity index (χ4n) is 4.60. The van der Waals surface area contributed by atoms with Crippen molar-refractivity contribution in [3.8, 4) is 0 Å². The largest absolute Gasteiger partial charge is 0.456 e. The predicted molar refractivity (Wildman–Crippen MR) is 93.4 cm³/mol. The lowest BCUT2D eigenvalue weighted by molar-refractivity contribution is -0.181. The number of carbonyl (C=O) groups is 2. The van der Waals surface area contributed by atoms with E-state index in [1.54, 1.807) is 0 Å². The zero-order valence-corrected chi connectivity index (χ0v) is 16.0. The van der Waals surface area contributed by atoms with E-state index in [4.69, 9.17) is 9.47 Å². The molecule has 0 heterocycles. The zero-order chi connectivity index (χ0) is 18.0. The summed E-state index contributed by atoms with van der Waals surface area (Å²) in [6.07, 6.45) is 7.43. The molecular weight excluding hydrogens is 304 g/mol. The molecule has 0 N–H and O–H groups in total. The minimum atomic E-state index is -0.558. The third-order valence-corrected chi connectivity index (χ3v) is 6.69. The van der Waals surface area contributed by atoms with E-state index in [0.717, 1.165) is 18.8 Å². The van der Waals surface area contributed by atoms with Gasteiger partial charge in [0, 0.05) is 5.92 Å². The standard InChI is InChI=1S/C20H34O4/c1-6-19(4,5)18(22)23-13-17(21)24-20(7-2,8-3)16-12-14-9-10-15(16)11-14/h14-16H,6-13H2,1-5H3. The van der Waals surface area contributed by atoms with Gasteiger partial charge in [-0.3, -0.25) is 4.79 Å². The minimum absolute atomic E-state index is 0.273. The number of hydrogen-bond acceptors (Lipinski definition) is 4. The Bertz CT molecular complexity index is 464. The summed E-state index contributed by atoms with van der Waals surface area (Å²) >= 11 is 0. The van der Waals surface area contributed by atoms with Crippen molar-refractivity contribution in [3.05, 3.63) is 0 Å². The average Bonchev–Trinajstić information content (AvgIpc) is 3.21. The van der Waals surface area contributed by atoms with Crippen molar-refractivity contribution in [2.75, 3.05) is 6.61 Å². The van der Waals surface area contributed by atoms with Crippen LogP contribution in [-0.4, -0.2) is 24.1 Å². The summed E-state index contributed by atoms with van der Waals surface area (Å²) in [5.41, 5.74) is -0.943. The van der Waals surface area contributed by atoms with Crippen LogP contribution in [0.1, 0.15) is 79.6 Å². The number of rotatable bonds is 8. The molecule has 2 rings (SSSR count). The third kappa shape index (κ3) is 3.78. The molecular formula is C20H34O4. The molecule has 0 aromatic rings. The molecule has 138 valence electrons. The van der Waals surface area contributed by atoms with Gasteiger partial charge in [0.15, 0.2) is 6.61 Å². The third-order valence-electron chi connectivity index (χ3n) is 6.69. The van der Waals surface area contributed by atoms with Crippen molar-refractivity contribution < 1.29 is 19.1 Å². The van der Waals surface area contributed by atoms with Gasteiger partial charge >= 0.3 is 11.9 Å². The van der Waals surface area contributed by atoms with Crippen LogP contribution in [0, 0.1) is 23.2 Å². The second-order valence-corrected chi connectivity index (χ2v) is 8.34. The quantitative estimate of drug-likeness (QED) is 0.611. The highest BCUT2D eigenvalue weighted by Gasteiger charge is 2.51. The summed E-state index contributed by atoms with van der Waals surface area (Å²) in [5, 5.41) is 0. The molecule has 2 aliphatic carbocycles. The monoisotopic (exact) mass is 338 g/mol. The lowest BCUT2D eigenvalue weighted by atomic mass is 9.73. The second-order valence-electron chi connectivity index (χ2n) is 8.34. The van der Waals surface area contributed by atoms with Gasteiger partial charge in [0.25, 0.3) is 0 Å². The molecule has 0 aromatic heterocycles. The van der Waals surface area contributed by atoms with Gasteiger partial charge in [0.05, 0.1) is 5.41 Å². The zero-order valence-electron chi connectivity index (χ0n) is 16.0. The van der Waals surface area contributed by atoms with Crippen LogP contribution in [0.2, 0.25) is 0 Å². The van der Waals surface area contributed by atoms with E-state index in [0.29, 0.717) is 18.3 Å². The fraction of sp³-hybridized carbons (Fsp3) is 0.900. The molecule has 2 bridgehead atoms. The Hall–Kier alpha value is -1.06. The van der Waals surface area contributed by atoms with Gasteiger partial charge in [-0.25, -0.2) is 4.79 Å². The lowest BCUT2D eigenvalue weighted by Gasteiger charge is -2.41. The molecule has 4 heteroatoms. The van der Waals surface area contributed by atoms with Crippen molar-refractivity contribution >= 4 is 11.9 Å². The molecule has 24 heavy (non-hydrogen) atoms. The highest BCUT2D eigenvalue weighted by molar-refractivity contribution is 5.79. The fourth-order valence-corrected chi connectivity index (χ4v) is 4.60. The summed E-state index contributed by atoms with van der Waals surface area (Å²) in [7, 11) is 0. The molecule has 0 aromatic carbocycles. The van der Waals surface area contributed by atoms with Crippen LogP contribution in [0.15, 0.2) is 0 Å². The van der Waals surface area contributed by atoms with Crippen LogP contribution >= 0.6 is 0 Å². The Balaban J connectivity index is 1.95. The molecule has 0 aliphatic heterocycles. The first-order chi connectivity index (χ1) is 11.3. The van der Waals surface area contributed by atoms with E-state index in [1.807, 2.05) is 20.8 Å². The topological polar surface area (TPSA) is 52.6 Å². The van der Waals surface area contributed by atoms with E-state index in [9.17, 15) is 9.59 Å². The van der Waals surface area contributed by atoms with E-state index in [2.05, 4.69) is 13.8 Å². The first-order valence-electron chi connectivity index (χ1n) is 9.67. The van der Waals surface area contributed by atoms with Crippen molar-refractivity contribution in [2.24, 2.45) is 23.2 Å². The molecule has 4 nitrogen and oxygen atoms in total. The Kier molecular flexibility index (Phi) is 5.98. The number of carbonyl (C=O) groups excluding carboxylic acids is 2. The summed E-state index contributed by atoms with van der Waals surface area (Å²) in [4.78, 5) is 24.4. The van der Waals surface area contributed by atoms with Gasteiger partial charge in [-0.2, -0.15) is 0 Å². The van der Waals surface area contributed by atoms with Crippen molar-refractivity contribution in [1.29, 1.82) is 0 Å². The van der Waals surface area contributed by atoms with E-state index >= 15 is 0 Å². The first kappa shape index (κ1) is 19.3. The van der Waals surface area contributed by atoms with Gasteiger partial charge in [-0.05, 0) is 64.2 Å². The molecule has 2 aliphatic rings. The summed E-state index contributed by atoms with van der Waals surface area (Å²) in [5.74, 6) is 1.25. The number of ether oxygens (including phenoxy) is 2. The van der Waals surface area contributed by atoms with E-state index < -0.39 is 11.4 Å². The number of esters is 2. The average molecular weight is 338 g/mol. The maximum atomic E-state index is 12.4. The van der Waals surface area contributed by atoms with E-state index in [-0.39, 0.29) is 18.2 Å². The molecule has 3 unspecified atom stereocenters. The normalized spacial score (nSPS) is 26.5. The highest BCUT2D eigenvalue weighted by atomic mass is 16.6. The molecule has 0 amide bonds. The molecule has 0 radical (unpaired) electrons. The number of hydrogen-bond donors (Lipinski definition) is 0. The van der Waals surface area contributed by atoms with Crippen molar-refractivity contribution in [3.63, 3.8) is 0 Å². The molecule has 2 saturated carbocycles. The summed E-state index contributed by atoms with van der Waals surface area (Å²) in [6.45, 7) is 9.54. The molecule has 2 fully saturated rings.